The first-order valence-corrected chi connectivity index (χ1v) is 5.95. The molecule has 1 saturated heterocycles. The van der Waals surface area contributed by atoms with Crippen LogP contribution in [0.25, 0.3) is 0 Å². The zero-order valence-electron chi connectivity index (χ0n) is 9.33. The number of rotatable bonds is 1. The highest BCUT2D eigenvalue weighted by Crippen LogP contribution is 2.27. The Morgan fingerprint density at radius 1 is 1.33 bits per heavy atom. The molecule has 1 radical (unpaired) electrons. The third kappa shape index (κ3) is 2.66. The maximum absolute atomic E-state index is 5.99. The number of halogens is 1. The van der Waals surface area contributed by atoms with Gasteiger partial charge in [0, 0.05) is 29.9 Å². The van der Waals surface area contributed by atoms with Crippen LogP contribution in [0.5, 0.6) is 0 Å². The van der Waals surface area contributed by atoms with E-state index in [1.807, 2.05) is 18.2 Å². The summed E-state index contributed by atoms with van der Waals surface area (Å²) in [5.74, 6) is 1.53. The van der Waals surface area contributed by atoms with Gasteiger partial charge >= 0.3 is 0 Å². The fourth-order valence-electron chi connectivity index (χ4n) is 2.47. The molecular weight excluding hydrogens is 206 g/mol. The zero-order valence-corrected chi connectivity index (χ0v) is 10.1. The summed E-state index contributed by atoms with van der Waals surface area (Å²) in [6, 6.07) is 9.05. The molecule has 1 fully saturated rings. The minimum Gasteiger partial charge on any atom is -0.370 e. The van der Waals surface area contributed by atoms with Crippen LogP contribution in [-0.4, -0.2) is 13.1 Å². The predicted octanol–water partition coefficient (Wildman–Crippen LogP) is 3.62. The minimum absolute atomic E-state index is 0.765. The number of anilines is 1. The molecule has 1 aliphatic rings. The first kappa shape index (κ1) is 10.8. The topological polar surface area (TPSA) is 3.24 Å². The average Bonchev–Trinajstić information content (AvgIpc) is 2.16. The van der Waals surface area contributed by atoms with E-state index in [0.717, 1.165) is 35.6 Å². The zero-order chi connectivity index (χ0) is 10.8. The van der Waals surface area contributed by atoms with Crippen molar-refractivity contribution in [2.75, 3.05) is 18.0 Å². The standard InChI is InChI=1S/C13H17ClN/c1-10-6-11(2)9-15(8-10)13-5-3-4-12(14)7-13/h3-4,7,10-11H,6,8-9H2,1-2H3. The molecule has 1 nitrogen and oxygen atoms in total. The molecule has 1 aromatic carbocycles. The van der Waals surface area contributed by atoms with E-state index in [4.69, 9.17) is 11.6 Å². The van der Waals surface area contributed by atoms with Crippen LogP contribution in [0.4, 0.5) is 5.69 Å². The molecule has 1 aromatic rings. The Morgan fingerprint density at radius 2 is 2.00 bits per heavy atom. The molecule has 0 spiro atoms. The molecule has 0 saturated carbocycles. The maximum atomic E-state index is 5.99. The van der Waals surface area contributed by atoms with Gasteiger partial charge in [0.05, 0.1) is 0 Å². The van der Waals surface area contributed by atoms with E-state index in [9.17, 15) is 0 Å². The van der Waals surface area contributed by atoms with Crippen LogP contribution in [0, 0.1) is 17.9 Å². The van der Waals surface area contributed by atoms with Crippen molar-refractivity contribution < 1.29 is 0 Å². The smallest absolute Gasteiger partial charge is 0.0461 e. The maximum Gasteiger partial charge on any atom is 0.0461 e. The Morgan fingerprint density at radius 3 is 2.60 bits per heavy atom. The van der Waals surface area contributed by atoms with Crippen molar-refractivity contribution in [2.45, 2.75) is 20.3 Å². The second kappa shape index (κ2) is 4.44. The van der Waals surface area contributed by atoms with Crippen molar-refractivity contribution in [1.82, 2.24) is 0 Å². The van der Waals surface area contributed by atoms with Crippen molar-refractivity contribution >= 4 is 17.3 Å². The van der Waals surface area contributed by atoms with Crippen LogP contribution >= 0.6 is 11.6 Å². The van der Waals surface area contributed by atoms with Crippen LogP contribution in [-0.2, 0) is 0 Å². The molecule has 1 heterocycles. The first-order valence-electron chi connectivity index (χ1n) is 5.57. The van der Waals surface area contributed by atoms with Gasteiger partial charge in [-0.3, -0.25) is 0 Å². The number of piperidine rings is 1. The van der Waals surface area contributed by atoms with Crippen molar-refractivity contribution in [3.05, 3.63) is 29.3 Å². The van der Waals surface area contributed by atoms with Crippen molar-refractivity contribution in [2.24, 2.45) is 11.8 Å². The Labute approximate surface area is 97.0 Å². The van der Waals surface area contributed by atoms with Gasteiger partial charge in [-0.05, 0) is 30.4 Å². The highest BCUT2D eigenvalue weighted by Gasteiger charge is 2.21. The molecule has 0 aromatic heterocycles. The summed E-state index contributed by atoms with van der Waals surface area (Å²) >= 11 is 5.99. The van der Waals surface area contributed by atoms with E-state index in [1.54, 1.807) is 0 Å². The van der Waals surface area contributed by atoms with Gasteiger partial charge in [0.25, 0.3) is 0 Å². The molecule has 0 bridgehead atoms. The molecule has 0 aliphatic carbocycles. The van der Waals surface area contributed by atoms with Gasteiger partial charge < -0.3 is 4.90 Å². The molecule has 81 valence electrons. The van der Waals surface area contributed by atoms with Crippen LogP contribution in [0.3, 0.4) is 0 Å². The lowest BCUT2D eigenvalue weighted by Crippen LogP contribution is -2.38. The van der Waals surface area contributed by atoms with Crippen LogP contribution < -0.4 is 4.90 Å². The second-order valence-electron chi connectivity index (χ2n) is 4.74. The molecular formula is C13H17ClN. The fraction of sp³-hybridized carbons (Fsp3) is 0.538. The summed E-state index contributed by atoms with van der Waals surface area (Å²) in [6.45, 7) is 6.88. The van der Waals surface area contributed by atoms with Gasteiger partial charge in [-0.25, -0.2) is 0 Å². The number of benzene rings is 1. The lowest BCUT2D eigenvalue weighted by Gasteiger charge is -2.36. The molecule has 0 N–H and O–H groups in total. The van der Waals surface area contributed by atoms with Gasteiger partial charge in [-0.2, -0.15) is 0 Å². The minimum atomic E-state index is 0.765. The highest BCUT2D eigenvalue weighted by atomic mass is 35.5. The molecule has 1 aliphatic heterocycles. The molecule has 0 amide bonds. The van der Waals surface area contributed by atoms with Gasteiger partial charge in [-0.1, -0.05) is 31.5 Å². The average molecular weight is 223 g/mol. The second-order valence-corrected chi connectivity index (χ2v) is 5.18. The van der Waals surface area contributed by atoms with Crippen LogP contribution in [0.2, 0.25) is 5.02 Å². The van der Waals surface area contributed by atoms with E-state index in [2.05, 4.69) is 24.8 Å². The van der Waals surface area contributed by atoms with E-state index in [0.29, 0.717) is 0 Å². The van der Waals surface area contributed by atoms with E-state index in [1.165, 1.54) is 6.42 Å². The van der Waals surface area contributed by atoms with Crippen molar-refractivity contribution in [3.8, 4) is 0 Å². The van der Waals surface area contributed by atoms with Gasteiger partial charge in [0.2, 0.25) is 0 Å². The molecule has 2 atom stereocenters. The summed E-state index contributed by atoms with van der Waals surface area (Å²) in [6.07, 6.45) is 1.33. The SMILES string of the molecule is CC1CC(C)CN(c2[c]ccc(Cl)c2)C1. The first-order chi connectivity index (χ1) is 7.15. The lowest BCUT2D eigenvalue weighted by atomic mass is 9.91. The summed E-state index contributed by atoms with van der Waals surface area (Å²) in [5.41, 5.74) is 1.14. The fourth-order valence-corrected chi connectivity index (χ4v) is 2.64. The largest absolute Gasteiger partial charge is 0.370 e. The van der Waals surface area contributed by atoms with Gasteiger partial charge in [0.15, 0.2) is 0 Å². The van der Waals surface area contributed by atoms with E-state index in [-0.39, 0.29) is 0 Å². The Bertz CT molecular complexity index is 327. The Kier molecular flexibility index (Phi) is 3.20. The van der Waals surface area contributed by atoms with Crippen LogP contribution in [0.15, 0.2) is 18.2 Å². The number of nitrogens with zero attached hydrogens (tertiary/aromatic N) is 1. The molecule has 2 unspecified atom stereocenters. The third-order valence-electron chi connectivity index (χ3n) is 2.96. The molecule has 15 heavy (non-hydrogen) atoms. The highest BCUT2D eigenvalue weighted by molar-refractivity contribution is 6.30. The van der Waals surface area contributed by atoms with Crippen molar-refractivity contribution in [3.63, 3.8) is 0 Å². The Balaban J connectivity index is 2.16. The Hall–Kier alpha value is -0.690. The molecule has 2 rings (SSSR count). The molecule has 2 heteroatoms. The normalized spacial score (nSPS) is 26.7. The quantitative estimate of drug-likeness (QED) is 0.702. The monoisotopic (exact) mass is 222 g/mol. The predicted molar refractivity (Wildman–Crippen MR) is 65.4 cm³/mol. The van der Waals surface area contributed by atoms with E-state index >= 15 is 0 Å². The van der Waals surface area contributed by atoms with E-state index < -0.39 is 0 Å². The lowest BCUT2D eigenvalue weighted by molar-refractivity contribution is 0.357. The third-order valence-corrected chi connectivity index (χ3v) is 3.19. The summed E-state index contributed by atoms with van der Waals surface area (Å²) in [5, 5.41) is 0.801. The summed E-state index contributed by atoms with van der Waals surface area (Å²) in [7, 11) is 0. The van der Waals surface area contributed by atoms with Gasteiger partial charge in [-0.15, -0.1) is 0 Å². The number of hydrogen-bond acceptors (Lipinski definition) is 1. The number of hydrogen-bond donors (Lipinski definition) is 0. The summed E-state index contributed by atoms with van der Waals surface area (Å²) in [4.78, 5) is 2.39. The van der Waals surface area contributed by atoms with Gasteiger partial charge in [0.1, 0.15) is 0 Å². The summed E-state index contributed by atoms with van der Waals surface area (Å²) < 4.78 is 0. The van der Waals surface area contributed by atoms with Crippen LogP contribution in [0.1, 0.15) is 20.3 Å². The van der Waals surface area contributed by atoms with Crippen molar-refractivity contribution in [1.29, 1.82) is 0 Å².